The van der Waals surface area contributed by atoms with Crippen LogP contribution < -0.4 is 5.32 Å². The first-order valence-electron chi connectivity index (χ1n) is 6.24. The smallest absolute Gasteiger partial charge is 0.337 e. The summed E-state index contributed by atoms with van der Waals surface area (Å²) in [6.45, 7) is 0.374. The van der Waals surface area contributed by atoms with Gasteiger partial charge in [-0.25, -0.2) is 9.59 Å². The molecule has 20 heavy (non-hydrogen) atoms. The Hall–Kier alpha value is -2.62. The van der Waals surface area contributed by atoms with Gasteiger partial charge in [-0.05, 0) is 18.9 Å². The SMILES string of the molecule is N#CCCN(C(=O)Nc1cncc(C(=O)O)c1)C1CC1. The third-order valence-corrected chi connectivity index (χ3v) is 2.95. The van der Waals surface area contributed by atoms with Gasteiger partial charge in [-0.2, -0.15) is 5.26 Å². The topological polar surface area (TPSA) is 106 Å². The number of amides is 2. The summed E-state index contributed by atoms with van der Waals surface area (Å²) >= 11 is 0. The quantitative estimate of drug-likeness (QED) is 0.849. The summed E-state index contributed by atoms with van der Waals surface area (Å²) in [6, 6.07) is 3.21. The lowest BCUT2D eigenvalue weighted by molar-refractivity contribution is 0.0696. The lowest BCUT2D eigenvalue weighted by atomic mass is 10.2. The third-order valence-electron chi connectivity index (χ3n) is 2.95. The lowest BCUT2D eigenvalue weighted by Crippen LogP contribution is -2.37. The van der Waals surface area contributed by atoms with Crippen LogP contribution in [0.2, 0.25) is 0 Å². The molecule has 1 aliphatic rings. The van der Waals surface area contributed by atoms with E-state index in [1.54, 1.807) is 4.90 Å². The minimum atomic E-state index is -1.10. The van der Waals surface area contributed by atoms with Gasteiger partial charge in [-0.15, -0.1) is 0 Å². The molecular formula is C13H14N4O3. The van der Waals surface area contributed by atoms with Crippen LogP contribution in [-0.4, -0.2) is 39.6 Å². The van der Waals surface area contributed by atoms with Crippen molar-refractivity contribution in [2.45, 2.75) is 25.3 Å². The molecule has 2 amide bonds. The maximum Gasteiger partial charge on any atom is 0.337 e. The molecule has 0 bridgehead atoms. The van der Waals surface area contributed by atoms with Crippen LogP contribution in [-0.2, 0) is 0 Å². The fraction of sp³-hybridized carbons (Fsp3) is 0.385. The Labute approximate surface area is 115 Å². The molecule has 1 aromatic rings. The van der Waals surface area contributed by atoms with Crippen molar-refractivity contribution in [3.8, 4) is 6.07 Å². The summed E-state index contributed by atoms with van der Waals surface area (Å²) < 4.78 is 0. The molecule has 1 fully saturated rings. The second-order valence-corrected chi connectivity index (χ2v) is 4.53. The van der Waals surface area contributed by atoms with E-state index < -0.39 is 5.97 Å². The van der Waals surface area contributed by atoms with E-state index >= 15 is 0 Å². The Bertz CT molecular complexity index is 563. The molecule has 0 unspecified atom stereocenters. The number of hydrogen-bond acceptors (Lipinski definition) is 4. The van der Waals surface area contributed by atoms with Gasteiger partial charge in [0.05, 0.1) is 29.9 Å². The summed E-state index contributed by atoms with van der Waals surface area (Å²) in [5.41, 5.74) is 0.343. The maximum atomic E-state index is 12.1. The Morgan fingerprint density at radius 3 is 2.85 bits per heavy atom. The van der Waals surface area contributed by atoms with Gasteiger partial charge in [0.25, 0.3) is 0 Å². The zero-order chi connectivity index (χ0) is 14.5. The van der Waals surface area contributed by atoms with Crippen LogP contribution in [0.3, 0.4) is 0 Å². The number of carboxylic acid groups (broad SMARTS) is 1. The number of carbonyl (C=O) groups is 2. The second-order valence-electron chi connectivity index (χ2n) is 4.53. The van der Waals surface area contributed by atoms with E-state index in [0.717, 1.165) is 12.8 Å². The molecule has 1 heterocycles. The number of carboxylic acids is 1. The molecule has 0 atom stereocenters. The monoisotopic (exact) mass is 274 g/mol. The highest BCUT2D eigenvalue weighted by Crippen LogP contribution is 2.27. The minimum Gasteiger partial charge on any atom is -0.478 e. The third kappa shape index (κ3) is 3.45. The van der Waals surface area contributed by atoms with Gasteiger partial charge in [-0.3, -0.25) is 4.98 Å². The number of carbonyl (C=O) groups excluding carboxylic acids is 1. The fourth-order valence-corrected chi connectivity index (χ4v) is 1.83. The van der Waals surface area contributed by atoms with Crippen LogP contribution in [0.15, 0.2) is 18.5 Å². The van der Waals surface area contributed by atoms with E-state index in [4.69, 9.17) is 10.4 Å². The van der Waals surface area contributed by atoms with E-state index in [2.05, 4.69) is 10.3 Å². The van der Waals surface area contributed by atoms with Crippen molar-refractivity contribution < 1.29 is 14.7 Å². The molecular weight excluding hydrogens is 260 g/mol. The number of anilines is 1. The normalized spacial score (nSPS) is 13.3. The number of aromatic nitrogens is 1. The summed E-state index contributed by atoms with van der Waals surface area (Å²) in [5.74, 6) is -1.10. The molecule has 2 N–H and O–H groups in total. The van der Waals surface area contributed by atoms with Crippen LogP contribution in [0.1, 0.15) is 29.6 Å². The van der Waals surface area contributed by atoms with E-state index in [-0.39, 0.29) is 24.1 Å². The first-order valence-corrected chi connectivity index (χ1v) is 6.24. The van der Waals surface area contributed by atoms with Crippen molar-refractivity contribution in [2.75, 3.05) is 11.9 Å². The lowest BCUT2D eigenvalue weighted by Gasteiger charge is -2.21. The van der Waals surface area contributed by atoms with Crippen LogP contribution in [0.25, 0.3) is 0 Å². The number of pyridine rings is 1. The first-order chi connectivity index (χ1) is 9.61. The van der Waals surface area contributed by atoms with Crippen molar-refractivity contribution in [1.29, 1.82) is 5.26 Å². The summed E-state index contributed by atoms with van der Waals surface area (Å²) in [4.78, 5) is 28.3. The highest BCUT2D eigenvalue weighted by atomic mass is 16.4. The molecule has 7 nitrogen and oxygen atoms in total. The van der Waals surface area contributed by atoms with Gasteiger partial charge in [-0.1, -0.05) is 0 Å². The molecule has 2 rings (SSSR count). The number of hydrogen-bond donors (Lipinski definition) is 2. The molecule has 0 aliphatic heterocycles. The number of nitrogens with one attached hydrogen (secondary N) is 1. The van der Waals surface area contributed by atoms with Crippen molar-refractivity contribution in [3.05, 3.63) is 24.0 Å². The molecule has 1 aliphatic carbocycles. The molecule has 104 valence electrons. The Morgan fingerprint density at radius 2 is 2.25 bits per heavy atom. The van der Waals surface area contributed by atoms with E-state index in [0.29, 0.717) is 12.2 Å². The molecule has 1 aromatic heterocycles. The average Bonchev–Trinajstić information content (AvgIpc) is 3.24. The number of aromatic carboxylic acids is 1. The number of nitrogens with zero attached hydrogens (tertiary/aromatic N) is 3. The van der Waals surface area contributed by atoms with Crippen molar-refractivity contribution in [1.82, 2.24) is 9.88 Å². The second kappa shape index (κ2) is 6.02. The van der Waals surface area contributed by atoms with Gasteiger partial charge in [0.15, 0.2) is 0 Å². The van der Waals surface area contributed by atoms with Gasteiger partial charge in [0.2, 0.25) is 0 Å². The van der Waals surface area contributed by atoms with Crippen molar-refractivity contribution >= 4 is 17.7 Å². The number of urea groups is 1. The molecule has 0 saturated heterocycles. The van der Waals surface area contributed by atoms with Crippen molar-refractivity contribution in [3.63, 3.8) is 0 Å². The van der Waals surface area contributed by atoms with Gasteiger partial charge in [0, 0.05) is 18.8 Å². The van der Waals surface area contributed by atoms with Gasteiger partial charge in [0.1, 0.15) is 0 Å². The predicted octanol–water partition coefficient (Wildman–Crippen LogP) is 1.69. The highest BCUT2D eigenvalue weighted by molar-refractivity contribution is 5.92. The number of nitriles is 1. The van der Waals surface area contributed by atoms with E-state index in [1.807, 2.05) is 6.07 Å². The summed E-state index contributed by atoms with van der Waals surface area (Å²) in [5, 5.41) is 20.1. The van der Waals surface area contributed by atoms with Crippen LogP contribution in [0.5, 0.6) is 0 Å². The summed E-state index contributed by atoms with van der Waals surface area (Å²) in [7, 11) is 0. The molecule has 1 saturated carbocycles. The van der Waals surface area contributed by atoms with E-state index in [1.165, 1.54) is 18.5 Å². The molecule has 0 aromatic carbocycles. The maximum absolute atomic E-state index is 12.1. The predicted molar refractivity (Wildman–Crippen MR) is 70.2 cm³/mol. The molecule has 0 radical (unpaired) electrons. The average molecular weight is 274 g/mol. The number of rotatable bonds is 5. The van der Waals surface area contributed by atoms with Crippen LogP contribution in [0, 0.1) is 11.3 Å². The van der Waals surface area contributed by atoms with Crippen molar-refractivity contribution in [2.24, 2.45) is 0 Å². The first kappa shape index (κ1) is 13.8. The minimum absolute atomic E-state index is 0.0118. The van der Waals surface area contributed by atoms with Crippen LogP contribution >= 0.6 is 0 Å². The molecule has 0 spiro atoms. The van der Waals surface area contributed by atoms with Gasteiger partial charge < -0.3 is 15.3 Å². The van der Waals surface area contributed by atoms with E-state index in [9.17, 15) is 9.59 Å². The van der Waals surface area contributed by atoms with Crippen LogP contribution in [0.4, 0.5) is 10.5 Å². The Kier molecular flexibility index (Phi) is 4.15. The zero-order valence-corrected chi connectivity index (χ0v) is 10.7. The zero-order valence-electron chi connectivity index (χ0n) is 10.7. The fourth-order valence-electron chi connectivity index (χ4n) is 1.83. The Morgan fingerprint density at radius 1 is 1.50 bits per heavy atom. The Balaban J connectivity index is 2.04. The molecule has 7 heteroatoms. The van der Waals surface area contributed by atoms with Gasteiger partial charge >= 0.3 is 12.0 Å². The largest absolute Gasteiger partial charge is 0.478 e. The highest BCUT2D eigenvalue weighted by Gasteiger charge is 2.32. The standard InChI is InChI=1S/C13H14N4O3/c14-4-1-5-17(11-2-3-11)13(20)16-10-6-9(12(18)19)7-15-8-10/h6-8,11H,1-3,5H2,(H,16,20)(H,18,19). The summed E-state index contributed by atoms with van der Waals surface area (Å²) in [6.07, 6.45) is 4.75.